The highest BCUT2D eigenvalue weighted by Crippen LogP contribution is 2.13. The number of aliphatic hydroxyl groups is 1. The van der Waals surface area contributed by atoms with E-state index < -0.39 is 0 Å². The van der Waals surface area contributed by atoms with E-state index in [4.69, 9.17) is 0 Å². The average Bonchev–Trinajstić information content (AvgIpc) is 2.18. The fraction of sp³-hybridized carbons (Fsp3) is 1.00. The van der Waals surface area contributed by atoms with E-state index in [1.54, 1.807) is 0 Å². The van der Waals surface area contributed by atoms with Crippen LogP contribution in [0.25, 0.3) is 0 Å². The van der Waals surface area contributed by atoms with E-state index in [0.717, 1.165) is 31.8 Å². The van der Waals surface area contributed by atoms with E-state index in [1.165, 1.54) is 25.9 Å². The van der Waals surface area contributed by atoms with Gasteiger partial charge in [-0.1, -0.05) is 13.3 Å². The predicted molar refractivity (Wildman–Crippen MR) is 64.0 cm³/mol. The molecule has 1 fully saturated rings. The first-order valence-corrected chi connectivity index (χ1v) is 6.29. The molecule has 0 aliphatic carbocycles. The van der Waals surface area contributed by atoms with Gasteiger partial charge in [0.25, 0.3) is 0 Å². The maximum atomic E-state index is 9.56. The molecule has 1 heterocycles. The summed E-state index contributed by atoms with van der Waals surface area (Å²) in [6, 6.07) is 0. The summed E-state index contributed by atoms with van der Waals surface area (Å²) < 4.78 is 0. The van der Waals surface area contributed by atoms with E-state index >= 15 is 0 Å². The number of rotatable bonds is 6. The Morgan fingerprint density at radius 3 is 3.00 bits per heavy atom. The van der Waals surface area contributed by atoms with Crippen molar-refractivity contribution in [3.05, 3.63) is 0 Å². The quantitative estimate of drug-likeness (QED) is 0.694. The Labute approximate surface area is 93.9 Å². The van der Waals surface area contributed by atoms with Crippen molar-refractivity contribution in [2.24, 2.45) is 5.92 Å². The summed E-state index contributed by atoms with van der Waals surface area (Å²) in [7, 11) is 2.19. The lowest BCUT2D eigenvalue weighted by Gasteiger charge is -2.30. The molecule has 0 radical (unpaired) electrons. The molecule has 1 rings (SSSR count). The Balaban J connectivity index is 2.03. The maximum Gasteiger partial charge on any atom is 0.0664 e. The summed E-state index contributed by atoms with van der Waals surface area (Å²) in [4.78, 5) is 2.40. The standard InChI is InChI=1S/C12H26N2O/c1-3-5-12(15)9-13-8-11-6-4-7-14(2)10-11/h11-13,15H,3-10H2,1-2H3. The van der Waals surface area contributed by atoms with Gasteiger partial charge in [0.15, 0.2) is 0 Å². The van der Waals surface area contributed by atoms with Crippen LogP contribution in [0.3, 0.4) is 0 Å². The largest absolute Gasteiger partial charge is 0.392 e. The molecule has 3 heteroatoms. The minimum absolute atomic E-state index is 0.156. The molecule has 0 aromatic carbocycles. The molecule has 0 saturated carbocycles. The van der Waals surface area contributed by atoms with Crippen LogP contribution >= 0.6 is 0 Å². The summed E-state index contributed by atoms with van der Waals surface area (Å²) in [5.74, 6) is 0.776. The van der Waals surface area contributed by atoms with Gasteiger partial charge in [0.1, 0.15) is 0 Å². The molecule has 2 unspecified atom stereocenters. The molecule has 0 amide bonds. The smallest absolute Gasteiger partial charge is 0.0664 e. The molecule has 0 bridgehead atoms. The SMILES string of the molecule is CCCC(O)CNCC1CCCN(C)C1. The van der Waals surface area contributed by atoms with Gasteiger partial charge in [-0.3, -0.25) is 0 Å². The van der Waals surface area contributed by atoms with Crippen molar-refractivity contribution >= 4 is 0 Å². The van der Waals surface area contributed by atoms with Gasteiger partial charge in [0, 0.05) is 13.1 Å². The zero-order valence-electron chi connectivity index (χ0n) is 10.2. The Kier molecular flexibility index (Phi) is 6.22. The first kappa shape index (κ1) is 12.9. The Hall–Kier alpha value is -0.120. The van der Waals surface area contributed by atoms with Crippen LogP contribution < -0.4 is 5.32 Å². The van der Waals surface area contributed by atoms with Gasteiger partial charge < -0.3 is 15.3 Å². The molecule has 0 spiro atoms. The molecule has 2 N–H and O–H groups in total. The van der Waals surface area contributed by atoms with Crippen LogP contribution in [-0.4, -0.2) is 49.3 Å². The minimum atomic E-state index is -0.156. The van der Waals surface area contributed by atoms with Crippen LogP contribution in [0.2, 0.25) is 0 Å². The molecule has 0 aromatic rings. The number of aliphatic hydroxyl groups excluding tert-OH is 1. The number of hydrogen-bond acceptors (Lipinski definition) is 3. The van der Waals surface area contributed by atoms with Crippen molar-refractivity contribution in [2.45, 2.75) is 38.7 Å². The van der Waals surface area contributed by atoms with Crippen molar-refractivity contribution in [1.82, 2.24) is 10.2 Å². The first-order chi connectivity index (χ1) is 7.22. The molecule has 90 valence electrons. The number of hydrogen-bond donors (Lipinski definition) is 2. The lowest BCUT2D eigenvalue weighted by atomic mass is 9.98. The number of piperidine rings is 1. The van der Waals surface area contributed by atoms with Gasteiger partial charge in [-0.15, -0.1) is 0 Å². The lowest BCUT2D eigenvalue weighted by Crippen LogP contribution is -2.39. The normalized spacial score (nSPS) is 25.4. The zero-order chi connectivity index (χ0) is 11.1. The Morgan fingerprint density at radius 1 is 1.53 bits per heavy atom. The molecular weight excluding hydrogens is 188 g/mol. The second-order valence-corrected chi connectivity index (χ2v) is 4.87. The molecule has 15 heavy (non-hydrogen) atoms. The van der Waals surface area contributed by atoms with Crippen molar-refractivity contribution in [3.8, 4) is 0 Å². The molecular formula is C12H26N2O. The number of nitrogens with one attached hydrogen (secondary N) is 1. The van der Waals surface area contributed by atoms with Crippen LogP contribution in [0.15, 0.2) is 0 Å². The van der Waals surface area contributed by atoms with Crippen LogP contribution in [0.4, 0.5) is 0 Å². The maximum absolute atomic E-state index is 9.56. The second-order valence-electron chi connectivity index (χ2n) is 4.87. The summed E-state index contributed by atoms with van der Waals surface area (Å²) >= 11 is 0. The summed E-state index contributed by atoms with van der Waals surface area (Å²) in [5.41, 5.74) is 0. The molecule has 2 atom stereocenters. The summed E-state index contributed by atoms with van der Waals surface area (Å²) in [6.07, 6.45) is 4.48. The van der Waals surface area contributed by atoms with Gasteiger partial charge >= 0.3 is 0 Å². The van der Waals surface area contributed by atoms with E-state index in [9.17, 15) is 5.11 Å². The highest BCUT2D eigenvalue weighted by Gasteiger charge is 2.16. The van der Waals surface area contributed by atoms with E-state index in [2.05, 4.69) is 24.2 Å². The fourth-order valence-corrected chi connectivity index (χ4v) is 2.33. The van der Waals surface area contributed by atoms with Crippen molar-refractivity contribution in [2.75, 3.05) is 33.2 Å². The van der Waals surface area contributed by atoms with Crippen molar-refractivity contribution in [1.29, 1.82) is 0 Å². The van der Waals surface area contributed by atoms with Crippen molar-refractivity contribution < 1.29 is 5.11 Å². The molecule has 1 saturated heterocycles. The van der Waals surface area contributed by atoms with Crippen LogP contribution in [0, 0.1) is 5.92 Å². The third kappa shape index (κ3) is 5.50. The summed E-state index contributed by atoms with van der Waals surface area (Å²) in [5, 5.41) is 12.9. The number of likely N-dealkylation sites (tertiary alicyclic amines) is 1. The molecule has 1 aliphatic heterocycles. The number of nitrogens with zero attached hydrogens (tertiary/aromatic N) is 1. The predicted octanol–water partition coefficient (Wildman–Crippen LogP) is 1.08. The van der Waals surface area contributed by atoms with Crippen LogP contribution in [0.5, 0.6) is 0 Å². The Morgan fingerprint density at radius 2 is 2.33 bits per heavy atom. The molecule has 3 nitrogen and oxygen atoms in total. The van der Waals surface area contributed by atoms with Gasteiger partial charge in [0.2, 0.25) is 0 Å². The first-order valence-electron chi connectivity index (χ1n) is 6.29. The van der Waals surface area contributed by atoms with Crippen molar-refractivity contribution in [3.63, 3.8) is 0 Å². The zero-order valence-corrected chi connectivity index (χ0v) is 10.2. The fourth-order valence-electron chi connectivity index (χ4n) is 2.33. The topological polar surface area (TPSA) is 35.5 Å². The molecule has 0 aromatic heterocycles. The van der Waals surface area contributed by atoms with Gasteiger partial charge in [-0.25, -0.2) is 0 Å². The molecule has 1 aliphatic rings. The Bertz CT molecular complexity index is 164. The minimum Gasteiger partial charge on any atom is -0.392 e. The van der Waals surface area contributed by atoms with Crippen LogP contribution in [0.1, 0.15) is 32.6 Å². The van der Waals surface area contributed by atoms with E-state index in [-0.39, 0.29) is 6.10 Å². The summed E-state index contributed by atoms with van der Waals surface area (Å²) in [6.45, 7) is 6.38. The third-order valence-electron chi connectivity index (χ3n) is 3.16. The highest BCUT2D eigenvalue weighted by molar-refractivity contribution is 4.73. The van der Waals surface area contributed by atoms with E-state index in [0.29, 0.717) is 0 Å². The van der Waals surface area contributed by atoms with E-state index in [1.807, 2.05) is 0 Å². The third-order valence-corrected chi connectivity index (χ3v) is 3.16. The second kappa shape index (κ2) is 7.20. The average molecular weight is 214 g/mol. The lowest BCUT2D eigenvalue weighted by molar-refractivity contribution is 0.152. The van der Waals surface area contributed by atoms with Gasteiger partial charge in [0.05, 0.1) is 6.10 Å². The highest BCUT2D eigenvalue weighted by atomic mass is 16.3. The van der Waals surface area contributed by atoms with Gasteiger partial charge in [-0.05, 0) is 45.3 Å². The monoisotopic (exact) mass is 214 g/mol. The van der Waals surface area contributed by atoms with Crippen LogP contribution in [-0.2, 0) is 0 Å². The van der Waals surface area contributed by atoms with Gasteiger partial charge in [-0.2, -0.15) is 0 Å².